The lowest BCUT2D eigenvalue weighted by molar-refractivity contribution is -0.123. The molecule has 1 amide bonds. The molecular formula is C13H26N2O. The average molecular weight is 226 g/mol. The maximum Gasteiger partial charge on any atom is 0.220 e. The fraction of sp³-hybridized carbons (Fsp3) is 0.923. The van der Waals surface area contributed by atoms with Gasteiger partial charge in [0.15, 0.2) is 0 Å². The number of nitrogens with two attached hydrogens (primary N) is 1. The third-order valence-electron chi connectivity index (χ3n) is 3.72. The van der Waals surface area contributed by atoms with Crippen LogP contribution in [0.2, 0.25) is 0 Å². The number of hydrogen-bond donors (Lipinski definition) is 2. The van der Waals surface area contributed by atoms with E-state index in [1.807, 2.05) is 0 Å². The summed E-state index contributed by atoms with van der Waals surface area (Å²) in [6, 6.07) is 0.733. The van der Waals surface area contributed by atoms with Gasteiger partial charge in [-0.1, -0.05) is 13.8 Å². The van der Waals surface area contributed by atoms with E-state index in [1.165, 1.54) is 0 Å². The summed E-state index contributed by atoms with van der Waals surface area (Å²) in [6.45, 7) is 4.24. The first-order valence-corrected chi connectivity index (χ1v) is 6.70. The molecule has 3 N–H and O–H groups in total. The van der Waals surface area contributed by atoms with Crippen molar-refractivity contribution >= 4 is 5.91 Å². The molecule has 1 aliphatic carbocycles. The lowest BCUT2D eigenvalue weighted by Gasteiger charge is -2.26. The van der Waals surface area contributed by atoms with Gasteiger partial charge in [0.05, 0.1) is 0 Å². The van der Waals surface area contributed by atoms with Crippen molar-refractivity contribution in [1.29, 1.82) is 0 Å². The molecule has 0 spiro atoms. The molecule has 1 fully saturated rings. The topological polar surface area (TPSA) is 55.1 Å². The smallest absolute Gasteiger partial charge is 0.220 e. The molecule has 0 aromatic rings. The largest absolute Gasteiger partial charge is 0.353 e. The van der Waals surface area contributed by atoms with Gasteiger partial charge in [0.25, 0.3) is 0 Å². The Kier molecular flexibility index (Phi) is 5.81. The van der Waals surface area contributed by atoms with Gasteiger partial charge in [-0.25, -0.2) is 0 Å². The Hall–Kier alpha value is -0.570. The van der Waals surface area contributed by atoms with Gasteiger partial charge in [0.1, 0.15) is 0 Å². The van der Waals surface area contributed by atoms with Gasteiger partial charge in [0.2, 0.25) is 5.91 Å². The summed E-state index contributed by atoms with van der Waals surface area (Å²) in [5.74, 6) is 0.795. The van der Waals surface area contributed by atoms with Gasteiger partial charge in [0, 0.05) is 18.5 Å². The summed E-state index contributed by atoms with van der Waals surface area (Å²) in [5, 5.41) is 3.10. The molecule has 3 heteroatoms. The van der Waals surface area contributed by atoms with E-state index in [9.17, 15) is 4.79 Å². The summed E-state index contributed by atoms with van der Waals surface area (Å²) in [7, 11) is 0. The lowest BCUT2D eigenvalue weighted by Crippen LogP contribution is -2.36. The molecule has 1 rings (SSSR count). The normalized spacial score (nSPS) is 25.8. The van der Waals surface area contributed by atoms with E-state index >= 15 is 0 Å². The van der Waals surface area contributed by atoms with Gasteiger partial charge in [-0.2, -0.15) is 0 Å². The van der Waals surface area contributed by atoms with Crippen molar-refractivity contribution in [1.82, 2.24) is 5.32 Å². The van der Waals surface area contributed by atoms with Crippen LogP contribution < -0.4 is 11.1 Å². The fourth-order valence-corrected chi connectivity index (χ4v) is 2.43. The Morgan fingerprint density at radius 3 is 2.31 bits per heavy atom. The number of nitrogens with one attached hydrogen (secondary N) is 1. The second kappa shape index (κ2) is 6.89. The van der Waals surface area contributed by atoms with E-state index < -0.39 is 0 Å². The van der Waals surface area contributed by atoms with Crippen molar-refractivity contribution in [2.45, 2.75) is 70.9 Å². The Balaban J connectivity index is 2.23. The molecule has 1 aliphatic rings. The minimum atomic E-state index is 0.231. The zero-order valence-corrected chi connectivity index (χ0v) is 10.7. The zero-order valence-electron chi connectivity index (χ0n) is 10.7. The zero-order chi connectivity index (χ0) is 12.0. The third kappa shape index (κ3) is 4.52. The summed E-state index contributed by atoms with van der Waals surface area (Å²) in [5.41, 5.74) is 5.85. The van der Waals surface area contributed by atoms with Gasteiger partial charge in [-0.3, -0.25) is 4.79 Å². The monoisotopic (exact) mass is 226 g/mol. The van der Waals surface area contributed by atoms with Crippen molar-refractivity contribution in [2.75, 3.05) is 0 Å². The van der Waals surface area contributed by atoms with Crippen molar-refractivity contribution in [3.05, 3.63) is 0 Å². The van der Waals surface area contributed by atoms with Crippen LogP contribution in [-0.4, -0.2) is 18.0 Å². The lowest BCUT2D eigenvalue weighted by atomic mass is 9.84. The van der Waals surface area contributed by atoms with Gasteiger partial charge in [-0.05, 0) is 44.4 Å². The number of carbonyl (C=O) groups excluding carboxylic acids is 1. The third-order valence-corrected chi connectivity index (χ3v) is 3.72. The summed E-state index contributed by atoms with van der Waals surface area (Å²) in [6.07, 6.45) is 7.17. The van der Waals surface area contributed by atoms with E-state index in [-0.39, 0.29) is 5.91 Å². The van der Waals surface area contributed by atoms with Crippen LogP contribution in [0.5, 0.6) is 0 Å². The Bertz CT molecular complexity index is 206. The molecule has 0 saturated heterocycles. The van der Waals surface area contributed by atoms with Crippen LogP contribution in [-0.2, 0) is 4.79 Å². The van der Waals surface area contributed by atoms with Gasteiger partial charge >= 0.3 is 0 Å². The van der Waals surface area contributed by atoms with Crippen molar-refractivity contribution in [3.8, 4) is 0 Å². The Morgan fingerprint density at radius 2 is 1.81 bits per heavy atom. The van der Waals surface area contributed by atoms with E-state index in [4.69, 9.17) is 5.73 Å². The average Bonchev–Trinajstić information content (AvgIpc) is 2.29. The summed E-state index contributed by atoms with van der Waals surface area (Å²) >= 11 is 0. The van der Waals surface area contributed by atoms with Crippen LogP contribution in [0.15, 0.2) is 0 Å². The first kappa shape index (κ1) is 13.5. The standard InChI is InChI=1S/C13H26N2O/c1-3-12(4-2)15-13(16)9-10-5-7-11(14)8-6-10/h10-12H,3-9,14H2,1-2H3,(H,15,16). The molecule has 0 aliphatic heterocycles. The molecule has 94 valence electrons. The van der Waals surface area contributed by atoms with Crippen LogP contribution in [0.3, 0.4) is 0 Å². The number of rotatable bonds is 5. The van der Waals surface area contributed by atoms with Crippen LogP contribution in [0.1, 0.15) is 58.8 Å². The highest BCUT2D eigenvalue weighted by molar-refractivity contribution is 5.76. The van der Waals surface area contributed by atoms with Crippen LogP contribution >= 0.6 is 0 Å². The minimum Gasteiger partial charge on any atom is -0.353 e. The van der Waals surface area contributed by atoms with E-state index in [0.29, 0.717) is 24.4 Å². The van der Waals surface area contributed by atoms with Crippen molar-refractivity contribution in [2.24, 2.45) is 11.7 Å². The van der Waals surface area contributed by atoms with E-state index in [0.717, 1.165) is 38.5 Å². The predicted molar refractivity (Wildman–Crippen MR) is 67.1 cm³/mol. The number of amides is 1. The van der Waals surface area contributed by atoms with Gasteiger partial charge < -0.3 is 11.1 Å². The fourth-order valence-electron chi connectivity index (χ4n) is 2.43. The number of hydrogen-bond acceptors (Lipinski definition) is 2. The first-order chi connectivity index (χ1) is 7.65. The maximum atomic E-state index is 11.8. The number of carbonyl (C=O) groups is 1. The molecule has 3 nitrogen and oxygen atoms in total. The van der Waals surface area contributed by atoms with Gasteiger partial charge in [-0.15, -0.1) is 0 Å². The Morgan fingerprint density at radius 1 is 1.25 bits per heavy atom. The second-order valence-corrected chi connectivity index (χ2v) is 5.07. The van der Waals surface area contributed by atoms with Crippen LogP contribution in [0.4, 0.5) is 0 Å². The van der Waals surface area contributed by atoms with E-state index in [2.05, 4.69) is 19.2 Å². The van der Waals surface area contributed by atoms with E-state index in [1.54, 1.807) is 0 Å². The van der Waals surface area contributed by atoms with Crippen LogP contribution in [0, 0.1) is 5.92 Å². The van der Waals surface area contributed by atoms with Crippen molar-refractivity contribution < 1.29 is 4.79 Å². The summed E-state index contributed by atoms with van der Waals surface area (Å²) < 4.78 is 0. The highest BCUT2D eigenvalue weighted by Gasteiger charge is 2.21. The SMILES string of the molecule is CCC(CC)NC(=O)CC1CCC(N)CC1. The summed E-state index contributed by atoms with van der Waals surface area (Å²) in [4.78, 5) is 11.8. The molecule has 0 aromatic carbocycles. The Labute approximate surface area is 99.2 Å². The molecule has 0 unspecified atom stereocenters. The molecule has 0 atom stereocenters. The maximum absolute atomic E-state index is 11.8. The molecule has 0 heterocycles. The minimum absolute atomic E-state index is 0.231. The highest BCUT2D eigenvalue weighted by Crippen LogP contribution is 2.25. The quantitative estimate of drug-likeness (QED) is 0.755. The molecule has 0 bridgehead atoms. The molecule has 16 heavy (non-hydrogen) atoms. The predicted octanol–water partition coefficient (Wildman–Crippen LogP) is 2.20. The molecule has 0 aromatic heterocycles. The molecular weight excluding hydrogens is 200 g/mol. The second-order valence-electron chi connectivity index (χ2n) is 5.07. The molecule has 1 saturated carbocycles. The van der Waals surface area contributed by atoms with Crippen molar-refractivity contribution in [3.63, 3.8) is 0 Å². The molecule has 0 radical (unpaired) electrons. The first-order valence-electron chi connectivity index (χ1n) is 6.70. The van der Waals surface area contributed by atoms with Crippen LogP contribution in [0.25, 0.3) is 0 Å². The highest BCUT2D eigenvalue weighted by atomic mass is 16.1.